The average molecular weight is 321 g/mol. The fraction of sp³-hybridized carbons (Fsp3) is 0.267. The van der Waals surface area contributed by atoms with E-state index in [4.69, 9.17) is 16.3 Å². The first-order valence-corrected chi connectivity index (χ1v) is 7.19. The standard InChI is InChI=1S/C15H17ClN4O2/c1-22-8-4-7-17-14(21)11-9-18-15(19-10-11)20-13-6-3-2-5-12(13)16/h2-3,5-6,9-10H,4,7-8H2,1H3,(H,17,21)(H,18,19,20). The van der Waals surface area contributed by atoms with Gasteiger partial charge >= 0.3 is 0 Å². The van der Waals surface area contributed by atoms with E-state index in [9.17, 15) is 4.79 Å². The molecule has 0 atom stereocenters. The lowest BCUT2D eigenvalue weighted by Gasteiger charge is -2.07. The molecule has 2 aromatic rings. The van der Waals surface area contributed by atoms with Gasteiger partial charge in [-0.2, -0.15) is 0 Å². The maximum atomic E-state index is 11.9. The lowest BCUT2D eigenvalue weighted by atomic mass is 10.3. The molecule has 22 heavy (non-hydrogen) atoms. The Hall–Kier alpha value is -2.18. The van der Waals surface area contributed by atoms with E-state index in [0.29, 0.717) is 35.4 Å². The molecule has 0 aliphatic carbocycles. The number of rotatable bonds is 7. The SMILES string of the molecule is COCCCNC(=O)c1cnc(Nc2ccccc2Cl)nc1. The zero-order valence-electron chi connectivity index (χ0n) is 12.2. The Balaban J connectivity index is 1.92. The van der Waals surface area contributed by atoms with Crippen LogP contribution in [0.25, 0.3) is 0 Å². The van der Waals surface area contributed by atoms with Crippen molar-refractivity contribution in [2.45, 2.75) is 6.42 Å². The molecule has 0 aliphatic rings. The van der Waals surface area contributed by atoms with Crippen molar-refractivity contribution < 1.29 is 9.53 Å². The molecule has 0 fully saturated rings. The molecule has 1 heterocycles. The smallest absolute Gasteiger partial charge is 0.254 e. The summed E-state index contributed by atoms with van der Waals surface area (Å²) >= 11 is 6.05. The molecule has 2 N–H and O–H groups in total. The highest BCUT2D eigenvalue weighted by atomic mass is 35.5. The molecule has 0 spiro atoms. The van der Waals surface area contributed by atoms with Gasteiger partial charge in [-0.25, -0.2) is 9.97 Å². The van der Waals surface area contributed by atoms with Crippen molar-refractivity contribution >= 4 is 29.1 Å². The number of nitrogens with zero attached hydrogens (tertiary/aromatic N) is 2. The second kappa shape index (κ2) is 8.31. The molecule has 0 bridgehead atoms. The molecule has 7 heteroatoms. The second-order valence-electron chi connectivity index (χ2n) is 4.50. The van der Waals surface area contributed by atoms with Gasteiger partial charge < -0.3 is 15.4 Å². The monoisotopic (exact) mass is 320 g/mol. The summed E-state index contributed by atoms with van der Waals surface area (Å²) in [5, 5.41) is 6.34. The average Bonchev–Trinajstić information content (AvgIpc) is 2.54. The van der Waals surface area contributed by atoms with Crippen LogP contribution in [0, 0.1) is 0 Å². The predicted molar refractivity (Wildman–Crippen MR) is 85.6 cm³/mol. The van der Waals surface area contributed by atoms with Gasteiger partial charge in [-0.05, 0) is 18.6 Å². The number of ether oxygens (including phenoxy) is 1. The van der Waals surface area contributed by atoms with Gasteiger partial charge in [0, 0.05) is 32.7 Å². The van der Waals surface area contributed by atoms with Crippen molar-refractivity contribution in [3.8, 4) is 0 Å². The quantitative estimate of drug-likeness (QED) is 0.767. The predicted octanol–water partition coefficient (Wildman–Crippen LogP) is 2.64. The fourth-order valence-electron chi connectivity index (χ4n) is 1.71. The topological polar surface area (TPSA) is 76.1 Å². The Bertz CT molecular complexity index is 619. The van der Waals surface area contributed by atoms with Gasteiger partial charge in [-0.15, -0.1) is 0 Å². The first kappa shape index (κ1) is 16.2. The normalized spacial score (nSPS) is 10.3. The highest BCUT2D eigenvalue weighted by Gasteiger charge is 2.07. The number of anilines is 2. The summed E-state index contributed by atoms with van der Waals surface area (Å²) in [6.07, 6.45) is 3.70. The van der Waals surface area contributed by atoms with Gasteiger partial charge in [-0.1, -0.05) is 23.7 Å². The molecule has 6 nitrogen and oxygen atoms in total. The molecule has 1 aromatic carbocycles. The number of methoxy groups -OCH3 is 1. The van der Waals surface area contributed by atoms with Crippen LogP contribution in [0.5, 0.6) is 0 Å². The van der Waals surface area contributed by atoms with Crippen molar-refractivity contribution in [2.75, 3.05) is 25.6 Å². The summed E-state index contributed by atoms with van der Waals surface area (Å²) in [6.45, 7) is 1.16. The first-order chi connectivity index (χ1) is 10.7. The number of halogens is 1. The number of para-hydroxylation sites is 1. The van der Waals surface area contributed by atoms with Gasteiger partial charge in [0.1, 0.15) is 0 Å². The Morgan fingerprint density at radius 2 is 2.00 bits per heavy atom. The minimum Gasteiger partial charge on any atom is -0.385 e. The maximum Gasteiger partial charge on any atom is 0.254 e. The van der Waals surface area contributed by atoms with E-state index in [1.54, 1.807) is 13.2 Å². The van der Waals surface area contributed by atoms with Gasteiger partial charge in [0.05, 0.1) is 16.3 Å². The van der Waals surface area contributed by atoms with Crippen LogP contribution in [0.15, 0.2) is 36.7 Å². The van der Waals surface area contributed by atoms with Crippen LogP contribution in [0.2, 0.25) is 5.02 Å². The largest absolute Gasteiger partial charge is 0.385 e. The molecule has 2 rings (SSSR count). The highest BCUT2D eigenvalue weighted by molar-refractivity contribution is 6.33. The van der Waals surface area contributed by atoms with E-state index >= 15 is 0 Å². The Kier molecular flexibility index (Phi) is 6.12. The molecular formula is C15H17ClN4O2. The number of nitrogens with one attached hydrogen (secondary N) is 2. The fourth-order valence-corrected chi connectivity index (χ4v) is 1.90. The van der Waals surface area contributed by atoms with E-state index in [2.05, 4.69) is 20.6 Å². The van der Waals surface area contributed by atoms with Crippen LogP contribution < -0.4 is 10.6 Å². The van der Waals surface area contributed by atoms with Crippen LogP contribution in [0.1, 0.15) is 16.8 Å². The lowest BCUT2D eigenvalue weighted by Crippen LogP contribution is -2.25. The van der Waals surface area contributed by atoms with Crippen LogP contribution in [-0.4, -0.2) is 36.1 Å². The summed E-state index contributed by atoms with van der Waals surface area (Å²) in [5.41, 5.74) is 1.11. The Labute approximate surface area is 133 Å². The van der Waals surface area contributed by atoms with Gasteiger partial charge in [0.25, 0.3) is 5.91 Å². The van der Waals surface area contributed by atoms with Crippen molar-refractivity contribution in [3.63, 3.8) is 0 Å². The third-order valence-corrected chi connectivity index (χ3v) is 3.17. The number of hydrogen-bond donors (Lipinski definition) is 2. The molecule has 0 saturated carbocycles. The Morgan fingerprint density at radius 3 is 2.68 bits per heavy atom. The van der Waals surface area contributed by atoms with E-state index in [1.165, 1.54) is 12.4 Å². The van der Waals surface area contributed by atoms with Crippen molar-refractivity contribution in [2.24, 2.45) is 0 Å². The summed E-state index contributed by atoms with van der Waals surface area (Å²) in [6, 6.07) is 7.29. The third kappa shape index (κ3) is 4.68. The molecule has 0 radical (unpaired) electrons. The van der Waals surface area contributed by atoms with Gasteiger partial charge in [-0.3, -0.25) is 4.79 Å². The van der Waals surface area contributed by atoms with Crippen molar-refractivity contribution in [1.29, 1.82) is 0 Å². The third-order valence-electron chi connectivity index (χ3n) is 2.85. The van der Waals surface area contributed by atoms with Gasteiger partial charge in [0.2, 0.25) is 5.95 Å². The van der Waals surface area contributed by atoms with E-state index in [1.807, 2.05) is 18.2 Å². The molecule has 116 valence electrons. The molecule has 0 saturated heterocycles. The molecule has 0 aliphatic heterocycles. The van der Waals surface area contributed by atoms with E-state index in [-0.39, 0.29) is 5.91 Å². The molecule has 0 unspecified atom stereocenters. The zero-order chi connectivity index (χ0) is 15.8. The number of amides is 1. The number of hydrogen-bond acceptors (Lipinski definition) is 5. The molecular weight excluding hydrogens is 304 g/mol. The van der Waals surface area contributed by atoms with Crippen LogP contribution in [-0.2, 0) is 4.74 Å². The number of benzene rings is 1. The maximum absolute atomic E-state index is 11.9. The van der Waals surface area contributed by atoms with E-state index in [0.717, 1.165) is 6.42 Å². The first-order valence-electron chi connectivity index (χ1n) is 6.81. The minimum atomic E-state index is -0.208. The van der Waals surface area contributed by atoms with Crippen molar-refractivity contribution in [1.82, 2.24) is 15.3 Å². The highest BCUT2D eigenvalue weighted by Crippen LogP contribution is 2.22. The summed E-state index contributed by atoms with van der Waals surface area (Å²) < 4.78 is 4.92. The lowest BCUT2D eigenvalue weighted by molar-refractivity contribution is 0.0948. The van der Waals surface area contributed by atoms with Gasteiger partial charge in [0.15, 0.2) is 0 Å². The number of aromatic nitrogens is 2. The number of carbonyl (C=O) groups is 1. The van der Waals surface area contributed by atoms with E-state index < -0.39 is 0 Å². The summed E-state index contributed by atoms with van der Waals surface area (Å²) in [4.78, 5) is 20.1. The minimum absolute atomic E-state index is 0.208. The van der Waals surface area contributed by atoms with Crippen LogP contribution in [0.3, 0.4) is 0 Å². The zero-order valence-corrected chi connectivity index (χ0v) is 12.9. The summed E-state index contributed by atoms with van der Waals surface area (Å²) in [5.74, 6) is 0.171. The second-order valence-corrected chi connectivity index (χ2v) is 4.91. The Morgan fingerprint density at radius 1 is 1.27 bits per heavy atom. The summed E-state index contributed by atoms with van der Waals surface area (Å²) in [7, 11) is 1.63. The number of carbonyl (C=O) groups excluding carboxylic acids is 1. The van der Waals surface area contributed by atoms with Crippen molar-refractivity contribution in [3.05, 3.63) is 47.2 Å². The van der Waals surface area contributed by atoms with Crippen LogP contribution in [0.4, 0.5) is 11.6 Å². The molecule has 1 aromatic heterocycles. The molecule has 1 amide bonds. The van der Waals surface area contributed by atoms with Crippen LogP contribution >= 0.6 is 11.6 Å².